The molecule has 1 aromatic carbocycles. The summed E-state index contributed by atoms with van der Waals surface area (Å²) in [6, 6.07) is 8.29. The number of halogens is 1. The van der Waals surface area contributed by atoms with Gasteiger partial charge >= 0.3 is 0 Å². The molecule has 0 aromatic heterocycles. The largest absolute Gasteiger partial charge is 0.340 e. The van der Waals surface area contributed by atoms with E-state index in [4.69, 9.17) is 5.73 Å². The van der Waals surface area contributed by atoms with E-state index in [1.165, 1.54) is 0 Å². The van der Waals surface area contributed by atoms with Crippen LogP contribution >= 0.6 is 15.9 Å². The Labute approximate surface area is 141 Å². The maximum atomic E-state index is 12.4. The van der Waals surface area contributed by atoms with Crippen LogP contribution in [0, 0.1) is 5.92 Å². The summed E-state index contributed by atoms with van der Waals surface area (Å²) in [6.45, 7) is 5.17. The Hall–Kier alpha value is -0.910. The first-order valence-corrected chi connectivity index (χ1v) is 8.72. The van der Waals surface area contributed by atoms with E-state index < -0.39 is 0 Å². The zero-order chi connectivity index (χ0) is 16.1. The summed E-state index contributed by atoms with van der Waals surface area (Å²) in [5.41, 5.74) is 7.10. The molecular formula is C17H26BrN3O. The van der Waals surface area contributed by atoms with Crippen molar-refractivity contribution >= 4 is 21.8 Å². The minimum atomic E-state index is 0.176. The normalized spacial score (nSPS) is 18.2. The van der Waals surface area contributed by atoms with Gasteiger partial charge in [0.1, 0.15) is 0 Å². The van der Waals surface area contributed by atoms with Crippen molar-refractivity contribution in [2.45, 2.75) is 32.4 Å². The molecule has 1 atom stereocenters. The molecule has 1 unspecified atom stereocenters. The van der Waals surface area contributed by atoms with Gasteiger partial charge in [0.05, 0.1) is 6.54 Å². The number of hydrogen-bond acceptors (Lipinski definition) is 3. The summed E-state index contributed by atoms with van der Waals surface area (Å²) in [6.07, 6.45) is 2.19. The highest BCUT2D eigenvalue weighted by atomic mass is 79.9. The van der Waals surface area contributed by atoms with Crippen LogP contribution in [-0.4, -0.2) is 48.4 Å². The third kappa shape index (κ3) is 4.80. The monoisotopic (exact) mass is 367 g/mol. The van der Waals surface area contributed by atoms with Crippen LogP contribution in [0.1, 0.15) is 25.3 Å². The highest BCUT2D eigenvalue weighted by molar-refractivity contribution is 9.10. The second-order valence-electron chi connectivity index (χ2n) is 6.31. The number of hydrogen-bond donors (Lipinski definition) is 1. The summed E-state index contributed by atoms with van der Waals surface area (Å²) in [7, 11) is 1.87. The summed E-state index contributed by atoms with van der Waals surface area (Å²) >= 11 is 3.53. The molecule has 0 radical (unpaired) electrons. The van der Waals surface area contributed by atoms with Crippen molar-refractivity contribution in [1.29, 1.82) is 0 Å². The fraction of sp³-hybridized carbons (Fsp3) is 0.588. The van der Waals surface area contributed by atoms with E-state index in [-0.39, 0.29) is 11.9 Å². The molecule has 2 N–H and O–H groups in total. The molecule has 1 amide bonds. The molecule has 2 rings (SSSR count). The van der Waals surface area contributed by atoms with E-state index in [0.29, 0.717) is 19.0 Å². The minimum absolute atomic E-state index is 0.176. The lowest BCUT2D eigenvalue weighted by molar-refractivity contribution is -0.132. The first-order chi connectivity index (χ1) is 10.5. The first kappa shape index (κ1) is 17.4. The Morgan fingerprint density at radius 1 is 1.41 bits per heavy atom. The third-order valence-corrected chi connectivity index (χ3v) is 5.30. The number of amides is 1. The van der Waals surface area contributed by atoms with Crippen molar-refractivity contribution in [3.05, 3.63) is 34.3 Å². The zero-order valence-corrected chi connectivity index (χ0v) is 15.1. The molecular weight excluding hydrogens is 342 g/mol. The molecule has 1 aliphatic heterocycles. The van der Waals surface area contributed by atoms with Crippen molar-refractivity contribution in [2.75, 3.05) is 26.7 Å². The SMILES string of the molecule is CC(N)C1CCN(CC(=O)N(C)Cc2ccccc2Br)CC1. The summed E-state index contributed by atoms with van der Waals surface area (Å²) in [5, 5.41) is 0. The van der Waals surface area contributed by atoms with Crippen LogP contribution in [0.4, 0.5) is 0 Å². The second kappa shape index (κ2) is 8.09. The van der Waals surface area contributed by atoms with Crippen LogP contribution in [0.5, 0.6) is 0 Å². The number of carbonyl (C=O) groups is 1. The predicted molar refractivity (Wildman–Crippen MR) is 93.4 cm³/mol. The Morgan fingerprint density at radius 2 is 2.05 bits per heavy atom. The molecule has 0 bridgehead atoms. The molecule has 1 saturated heterocycles. The molecule has 1 aliphatic rings. The molecule has 0 aliphatic carbocycles. The summed E-state index contributed by atoms with van der Waals surface area (Å²) in [4.78, 5) is 16.4. The number of benzene rings is 1. The van der Waals surface area contributed by atoms with Gasteiger partial charge in [-0.2, -0.15) is 0 Å². The van der Waals surface area contributed by atoms with Crippen LogP contribution in [0.2, 0.25) is 0 Å². The number of carbonyl (C=O) groups excluding carboxylic acids is 1. The van der Waals surface area contributed by atoms with E-state index in [2.05, 4.69) is 27.8 Å². The lowest BCUT2D eigenvalue weighted by Crippen LogP contribution is -2.44. The van der Waals surface area contributed by atoms with Crippen LogP contribution in [0.3, 0.4) is 0 Å². The maximum absolute atomic E-state index is 12.4. The molecule has 0 spiro atoms. The average Bonchev–Trinajstić information content (AvgIpc) is 2.50. The third-order valence-electron chi connectivity index (χ3n) is 4.53. The molecule has 1 aromatic rings. The van der Waals surface area contributed by atoms with Crippen LogP contribution in [0.15, 0.2) is 28.7 Å². The van der Waals surface area contributed by atoms with E-state index in [1.807, 2.05) is 31.3 Å². The lowest BCUT2D eigenvalue weighted by atomic mass is 9.91. The van der Waals surface area contributed by atoms with Crippen LogP contribution in [0.25, 0.3) is 0 Å². The van der Waals surface area contributed by atoms with Crippen molar-refractivity contribution in [3.63, 3.8) is 0 Å². The Bertz CT molecular complexity index is 498. The number of likely N-dealkylation sites (N-methyl/N-ethyl adjacent to an activating group) is 1. The molecule has 0 saturated carbocycles. The van der Waals surface area contributed by atoms with Gasteiger partial charge in [0.2, 0.25) is 5.91 Å². The summed E-state index contributed by atoms with van der Waals surface area (Å²) < 4.78 is 1.05. The number of likely N-dealkylation sites (tertiary alicyclic amines) is 1. The van der Waals surface area contributed by atoms with Gasteiger partial charge in [-0.3, -0.25) is 9.69 Å². The number of nitrogens with zero attached hydrogens (tertiary/aromatic N) is 2. The standard InChI is InChI=1S/C17H26BrN3O/c1-13(19)14-7-9-21(10-8-14)12-17(22)20(2)11-15-5-3-4-6-16(15)18/h3-6,13-14H,7-12,19H2,1-2H3. The molecule has 4 nitrogen and oxygen atoms in total. The van der Waals surface area contributed by atoms with Gasteiger partial charge in [-0.15, -0.1) is 0 Å². The highest BCUT2D eigenvalue weighted by Gasteiger charge is 2.24. The molecule has 22 heavy (non-hydrogen) atoms. The fourth-order valence-corrected chi connectivity index (χ4v) is 3.33. The van der Waals surface area contributed by atoms with Gasteiger partial charge in [0, 0.05) is 24.1 Å². The fourth-order valence-electron chi connectivity index (χ4n) is 2.92. The van der Waals surface area contributed by atoms with Crippen molar-refractivity contribution in [1.82, 2.24) is 9.80 Å². The molecule has 1 heterocycles. The molecule has 122 valence electrons. The maximum Gasteiger partial charge on any atom is 0.236 e. The molecule has 1 fully saturated rings. The Kier molecular flexibility index (Phi) is 6.41. The zero-order valence-electron chi connectivity index (χ0n) is 13.5. The second-order valence-corrected chi connectivity index (χ2v) is 7.17. The van der Waals surface area contributed by atoms with Gasteiger partial charge in [0.25, 0.3) is 0 Å². The minimum Gasteiger partial charge on any atom is -0.340 e. The average molecular weight is 368 g/mol. The van der Waals surface area contributed by atoms with Crippen molar-refractivity contribution in [2.24, 2.45) is 11.7 Å². The van der Waals surface area contributed by atoms with E-state index >= 15 is 0 Å². The smallest absolute Gasteiger partial charge is 0.236 e. The van der Waals surface area contributed by atoms with Crippen LogP contribution < -0.4 is 5.73 Å². The number of nitrogens with two attached hydrogens (primary N) is 1. The van der Waals surface area contributed by atoms with Crippen molar-refractivity contribution in [3.8, 4) is 0 Å². The predicted octanol–water partition coefficient (Wildman–Crippen LogP) is 2.47. The van der Waals surface area contributed by atoms with E-state index in [1.54, 1.807) is 4.90 Å². The molecule has 5 heteroatoms. The number of piperidine rings is 1. The van der Waals surface area contributed by atoms with Crippen molar-refractivity contribution < 1.29 is 4.79 Å². The van der Waals surface area contributed by atoms with Gasteiger partial charge in [0.15, 0.2) is 0 Å². The summed E-state index contributed by atoms with van der Waals surface area (Å²) in [5.74, 6) is 0.777. The van der Waals surface area contributed by atoms with Gasteiger partial charge in [-0.1, -0.05) is 34.1 Å². The highest BCUT2D eigenvalue weighted by Crippen LogP contribution is 2.20. The first-order valence-electron chi connectivity index (χ1n) is 7.92. The number of rotatable bonds is 5. The van der Waals surface area contributed by atoms with Gasteiger partial charge < -0.3 is 10.6 Å². The van der Waals surface area contributed by atoms with Gasteiger partial charge in [-0.25, -0.2) is 0 Å². The quantitative estimate of drug-likeness (QED) is 0.869. The van der Waals surface area contributed by atoms with E-state index in [0.717, 1.165) is 36.0 Å². The van der Waals surface area contributed by atoms with Gasteiger partial charge in [-0.05, 0) is 50.4 Å². The van der Waals surface area contributed by atoms with E-state index in [9.17, 15) is 4.79 Å². The lowest BCUT2D eigenvalue weighted by Gasteiger charge is -2.34. The Morgan fingerprint density at radius 3 is 2.64 bits per heavy atom. The topological polar surface area (TPSA) is 49.6 Å². The van der Waals surface area contributed by atoms with Crippen LogP contribution in [-0.2, 0) is 11.3 Å². The Balaban J connectivity index is 1.81.